The Morgan fingerprint density at radius 3 is 2.60 bits per heavy atom. The molecule has 0 saturated heterocycles. The number of amides is 1. The van der Waals surface area contributed by atoms with Crippen molar-refractivity contribution in [2.24, 2.45) is 0 Å². The highest BCUT2D eigenvalue weighted by Crippen LogP contribution is 2.37. The highest BCUT2D eigenvalue weighted by atomic mass is 79.9. The van der Waals surface area contributed by atoms with Gasteiger partial charge in [0.2, 0.25) is 0 Å². The number of halogens is 1. The Labute approximate surface area is 181 Å². The Bertz CT molecular complexity index is 1050. The molecule has 0 heterocycles. The standard InChI is InChI=1S/C20H18BrN3O6/c1-4-30-18-9-12(8-15(21)19(18)29-3)7-13(11-22)20(25)23-16-6-5-14(28-2)10-17(16)24(26)27/h5-10H,4H2,1-3H3,(H,23,25)/b13-7+. The van der Waals surface area contributed by atoms with E-state index in [1.807, 2.05) is 13.0 Å². The van der Waals surface area contributed by atoms with Gasteiger partial charge in [-0.15, -0.1) is 0 Å². The minimum atomic E-state index is -0.796. The van der Waals surface area contributed by atoms with Gasteiger partial charge in [0.25, 0.3) is 11.6 Å². The lowest BCUT2D eigenvalue weighted by molar-refractivity contribution is -0.384. The quantitative estimate of drug-likeness (QED) is 0.261. The number of ether oxygens (including phenoxy) is 3. The molecule has 0 unspecified atom stereocenters. The third-order valence-corrected chi connectivity index (χ3v) is 4.45. The molecule has 0 fully saturated rings. The molecule has 30 heavy (non-hydrogen) atoms. The first-order valence-corrected chi connectivity index (χ1v) is 9.39. The molecular weight excluding hydrogens is 458 g/mol. The van der Waals surface area contributed by atoms with Crippen LogP contribution in [-0.2, 0) is 4.79 Å². The fraction of sp³-hybridized carbons (Fsp3) is 0.200. The fourth-order valence-corrected chi connectivity index (χ4v) is 3.15. The van der Waals surface area contributed by atoms with Crippen LogP contribution in [0.5, 0.6) is 17.2 Å². The first-order chi connectivity index (χ1) is 14.3. The Balaban J connectivity index is 2.39. The van der Waals surface area contributed by atoms with Crippen LogP contribution in [0.15, 0.2) is 40.4 Å². The van der Waals surface area contributed by atoms with Crippen molar-refractivity contribution in [1.29, 1.82) is 5.26 Å². The molecule has 2 aromatic rings. The average molecular weight is 476 g/mol. The summed E-state index contributed by atoms with van der Waals surface area (Å²) in [5.74, 6) is 0.382. The van der Waals surface area contributed by atoms with Crippen LogP contribution in [0.2, 0.25) is 0 Å². The van der Waals surface area contributed by atoms with E-state index in [0.29, 0.717) is 28.1 Å². The maximum Gasteiger partial charge on any atom is 0.296 e. The van der Waals surface area contributed by atoms with Gasteiger partial charge in [0.05, 0.1) is 36.3 Å². The second kappa shape index (κ2) is 10.3. The molecule has 0 aliphatic carbocycles. The van der Waals surface area contributed by atoms with Crippen LogP contribution in [0.25, 0.3) is 6.08 Å². The Kier molecular flexibility index (Phi) is 7.77. The van der Waals surface area contributed by atoms with E-state index in [0.717, 1.165) is 0 Å². The molecule has 0 spiro atoms. The van der Waals surface area contributed by atoms with Gasteiger partial charge < -0.3 is 19.5 Å². The van der Waals surface area contributed by atoms with Gasteiger partial charge in [-0.25, -0.2) is 0 Å². The van der Waals surface area contributed by atoms with Gasteiger partial charge in [0.1, 0.15) is 23.1 Å². The molecule has 156 valence electrons. The van der Waals surface area contributed by atoms with Gasteiger partial charge >= 0.3 is 0 Å². The first kappa shape index (κ1) is 22.7. The van der Waals surface area contributed by atoms with Crippen LogP contribution in [-0.4, -0.2) is 31.7 Å². The number of nitriles is 1. The largest absolute Gasteiger partial charge is 0.496 e. The van der Waals surface area contributed by atoms with Gasteiger partial charge in [-0.2, -0.15) is 5.26 Å². The monoisotopic (exact) mass is 475 g/mol. The predicted octanol–water partition coefficient (Wildman–Crippen LogP) is 4.32. The summed E-state index contributed by atoms with van der Waals surface area (Å²) in [4.78, 5) is 23.2. The van der Waals surface area contributed by atoms with Crippen molar-refractivity contribution in [2.75, 3.05) is 26.1 Å². The van der Waals surface area contributed by atoms with E-state index in [1.165, 1.54) is 38.5 Å². The zero-order chi connectivity index (χ0) is 22.3. The van der Waals surface area contributed by atoms with E-state index in [2.05, 4.69) is 21.2 Å². The van der Waals surface area contributed by atoms with E-state index >= 15 is 0 Å². The number of hydrogen-bond acceptors (Lipinski definition) is 7. The van der Waals surface area contributed by atoms with Gasteiger partial charge in [-0.3, -0.25) is 14.9 Å². The summed E-state index contributed by atoms with van der Waals surface area (Å²) in [6.45, 7) is 2.20. The molecule has 1 N–H and O–H groups in total. The Hall–Kier alpha value is -3.58. The van der Waals surface area contributed by atoms with Gasteiger partial charge in [0.15, 0.2) is 11.5 Å². The van der Waals surface area contributed by atoms with E-state index in [4.69, 9.17) is 14.2 Å². The number of methoxy groups -OCH3 is 2. The van der Waals surface area contributed by atoms with Crippen LogP contribution < -0.4 is 19.5 Å². The van der Waals surface area contributed by atoms with Crippen molar-refractivity contribution in [2.45, 2.75) is 6.92 Å². The number of nitrogens with one attached hydrogen (secondary N) is 1. The zero-order valence-electron chi connectivity index (χ0n) is 16.4. The number of anilines is 1. The van der Waals surface area contributed by atoms with Crippen LogP contribution in [0.4, 0.5) is 11.4 Å². The van der Waals surface area contributed by atoms with Crippen LogP contribution in [0.1, 0.15) is 12.5 Å². The van der Waals surface area contributed by atoms with Gasteiger partial charge in [-0.1, -0.05) is 0 Å². The summed E-state index contributed by atoms with van der Waals surface area (Å²) in [5, 5.41) is 23.1. The number of carbonyl (C=O) groups is 1. The third-order valence-electron chi connectivity index (χ3n) is 3.86. The lowest BCUT2D eigenvalue weighted by Gasteiger charge is -2.12. The number of nitro groups is 1. The normalized spacial score (nSPS) is 10.7. The summed E-state index contributed by atoms with van der Waals surface area (Å²) < 4.78 is 16.4. The fourth-order valence-electron chi connectivity index (χ4n) is 2.53. The summed E-state index contributed by atoms with van der Waals surface area (Å²) >= 11 is 3.37. The van der Waals surface area contributed by atoms with Crippen molar-refractivity contribution >= 4 is 39.3 Å². The second-order valence-corrected chi connectivity index (χ2v) is 6.59. The van der Waals surface area contributed by atoms with Crippen LogP contribution in [0.3, 0.4) is 0 Å². The third kappa shape index (κ3) is 5.27. The molecule has 2 aromatic carbocycles. The summed E-state index contributed by atoms with van der Waals surface area (Å²) in [6, 6.07) is 9.06. The second-order valence-electron chi connectivity index (χ2n) is 5.73. The van der Waals surface area contributed by atoms with Gasteiger partial charge in [0, 0.05) is 0 Å². The maximum absolute atomic E-state index is 12.6. The van der Waals surface area contributed by atoms with Crippen molar-refractivity contribution in [3.63, 3.8) is 0 Å². The molecule has 0 radical (unpaired) electrons. The molecular formula is C20H18BrN3O6. The molecule has 0 aliphatic rings. The van der Waals surface area contributed by atoms with Crippen LogP contribution >= 0.6 is 15.9 Å². The predicted molar refractivity (Wildman–Crippen MR) is 114 cm³/mol. The van der Waals surface area contributed by atoms with E-state index in [1.54, 1.807) is 12.1 Å². The lowest BCUT2D eigenvalue weighted by atomic mass is 10.1. The molecule has 9 nitrogen and oxygen atoms in total. The minimum Gasteiger partial charge on any atom is -0.496 e. The highest BCUT2D eigenvalue weighted by Gasteiger charge is 2.19. The van der Waals surface area contributed by atoms with Crippen molar-refractivity contribution in [3.8, 4) is 23.3 Å². The number of benzene rings is 2. The van der Waals surface area contributed by atoms with E-state index in [9.17, 15) is 20.2 Å². The van der Waals surface area contributed by atoms with E-state index in [-0.39, 0.29) is 22.7 Å². The molecule has 0 bridgehead atoms. The Morgan fingerprint density at radius 1 is 1.30 bits per heavy atom. The van der Waals surface area contributed by atoms with Crippen molar-refractivity contribution in [1.82, 2.24) is 0 Å². The minimum absolute atomic E-state index is 0.0575. The topological polar surface area (TPSA) is 124 Å². The molecule has 0 aromatic heterocycles. The summed E-state index contributed by atoms with van der Waals surface area (Å²) in [5.41, 5.74) is -0.162. The average Bonchev–Trinajstić information content (AvgIpc) is 2.72. The number of carbonyl (C=O) groups excluding carboxylic acids is 1. The number of nitrogens with zero attached hydrogens (tertiary/aromatic N) is 2. The number of rotatable bonds is 8. The van der Waals surface area contributed by atoms with Crippen molar-refractivity contribution < 1.29 is 23.9 Å². The summed E-state index contributed by atoms with van der Waals surface area (Å²) in [6.07, 6.45) is 1.34. The van der Waals surface area contributed by atoms with E-state index < -0.39 is 10.8 Å². The van der Waals surface area contributed by atoms with Crippen LogP contribution in [0, 0.1) is 21.4 Å². The molecule has 1 amide bonds. The molecule has 0 atom stereocenters. The molecule has 0 aliphatic heterocycles. The SMILES string of the molecule is CCOc1cc(/C=C(\C#N)C(=O)Nc2ccc(OC)cc2[N+](=O)[O-])cc(Br)c1OC. The first-order valence-electron chi connectivity index (χ1n) is 8.60. The highest BCUT2D eigenvalue weighted by molar-refractivity contribution is 9.10. The Morgan fingerprint density at radius 2 is 2.03 bits per heavy atom. The number of nitro benzene ring substituents is 1. The maximum atomic E-state index is 12.6. The zero-order valence-corrected chi connectivity index (χ0v) is 18.0. The molecule has 10 heteroatoms. The van der Waals surface area contributed by atoms with Crippen molar-refractivity contribution in [3.05, 3.63) is 56.1 Å². The molecule has 2 rings (SSSR count). The van der Waals surface area contributed by atoms with Gasteiger partial charge in [-0.05, 0) is 58.8 Å². The molecule has 0 saturated carbocycles. The lowest BCUT2D eigenvalue weighted by Crippen LogP contribution is -2.14. The number of hydrogen-bond donors (Lipinski definition) is 1. The summed E-state index contributed by atoms with van der Waals surface area (Å²) in [7, 11) is 2.87. The smallest absolute Gasteiger partial charge is 0.296 e.